The second-order valence-corrected chi connectivity index (χ2v) is 12.0. The lowest BCUT2D eigenvalue weighted by atomic mass is 9.96. The van der Waals surface area contributed by atoms with Crippen LogP contribution in [0.15, 0.2) is 70.5 Å². The third kappa shape index (κ3) is 4.56. The summed E-state index contributed by atoms with van der Waals surface area (Å²) < 4.78 is 28.6. The van der Waals surface area contributed by atoms with Crippen LogP contribution in [0.2, 0.25) is 0 Å². The van der Waals surface area contributed by atoms with Crippen molar-refractivity contribution in [3.05, 3.63) is 71.9 Å². The number of hydrogen-bond donors (Lipinski definition) is 0. The first kappa shape index (κ1) is 22.1. The van der Waals surface area contributed by atoms with Crippen LogP contribution in [0.1, 0.15) is 18.4 Å². The van der Waals surface area contributed by atoms with Gasteiger partial charge in [-0.1, -0.05) is 35.6 Å². The summed E-state index contributed by atoms with van der Waals surface area (Å²) in [6.45, 7) is 1.04. The summed E-state index contributed by atoms with van der Waals surface area (Å²) >= 11 is 2.71. The van der Waals surface area contributed by atoms with Crippen molar-refractivity contribution in [1.82, 2.24) is 14.3 Å². The van der Waals surface area contributed by atoms with Gasteiger partial charge in [-0.15, -0.1) is 11.3 Å². The molecule has 0 radical (unpaired) electrons. The topological polar surface area (TPSA) is 83.5 Å². The van der Waals surface area contributed by atoms with Gasteiger partial charge in [0.15, 0.2) is 5.13 Å². The Morgan fingerprint density at radius 1 is 1.09 bits per heavy atom. The number of rotatable bonds is 6. The third-order valence-electron chi connectivity index (χ3n) is 5.74. The standard InChI is InChI=1S/C23H22N4O3S3/c28-22(18-9-12-26(13-10-18)33(29,30)21-8-4-14-31-21)27(16-17-5-3-11-24-15-17)23-25-19-6-1-2-7-20(19)32-23/h1-8,11,14-15,18H,9-10,12-13,16H2. The average molecular weight is 499 g/mol. The number of benzene rings is 1. The van der Waals surface area contributed by atoms with Crippen LogP contribution in [0.25, 0.3) is 10.2 Å². The zero-order valence-corrected chi connectivity index (χ0v) is 20.2. The highest BCUT2D eigenvalue weighted by Gasteiger charge is 2.35. The molecule has 1 saturated heterocycles. The Labute approximate surface area is 200 Å². The van der Waals surface area contributed by atoms with Gasteiger partial charge in [0.25, 0.3) is 10.0 Å². The van der Waals surface area contributed by atoms with Gasteiger partial charge in [-0.3, -0.25) is 14.7 Å². The lowest BCUT2D eigenvalue weighted by molar-refractivity contribution is -0.123. The molecule has 170 valence electrons. The molecule has 7 nitrogen and oxygen atoms in total. The number of amides is 1. The molecule has 1 aliphatic rings. The zero-order chi connectivity index (χ0) is 22.8. The van der Waals surface area contributed by atoms with E-state index in [9.17, 15) is 13.2 Å². The molecule has 4 heterocycles. The first-order valence-corrected chi connectivity index (χ1v) is 13.8. The molecular weight excluding hydrogens is 476 g/mol. The van der Waals surface area contributed by atoms with Crippen molar-refractivity contribution in [3.8, 4) is 0 Å². The molecule has 0 spiro atoms. The van der Waals surface area contributed by atoms with E-state index < -0.39 is 10.0 Å². The molecule has 5 rings (SSSR count). The first-order chi connectivity index (χ1) is 16.0. The van der Waals surface area contributed by atoms with E-state index in [4.69, 9.17) is 4.98 Å². The zero-order valence-electron chi connectivity index (χ0n) is 17.7. The third-order valence-corrected chi connectivity index (χ3v) is 10.1. The molecule has 0 atom stereocenters. The van der Waals surface area contributed by atoms with Crippen molar-refractivity contribution in [2.45, 2.75) is 23.6 Å². The quantitative estimate of drug-likeness (QED) is 0.394. The highest BCUT2D eigenvalue weighted by atomic mass is 32.2. The number of nitrogens with zero attached hydrogens (tertiary/aromatic N) is 4. The van der Waals surface area contributed by atoms with Crippen LogP contribution < -0.4 is 4.90 Å². The van der Waals surface area contributed by atoms with Crippen molar-refractivity contribution < 1.29 is 13.2 Å². The Kier molecular flexibility index (Phi) is 6.24. The predicted octanol–water partition coefficient (Wildman–Crippen LogP) is 4.39. The number of aromatic nitrogens is 2. The number of thiazole rings is 1. The summed E-state index contributed by atoms with van der Waals surface area (Å²) in [5.41, 5.74) is 1.78. The molecule has 1 aromatic carbocycles. The number of thiophene rings is 1. The second kappa shape index (κ2) is 9.30. The predicted molar refractivity (Wildman–Crippen MR) is 131 cm³/mol. The minimum Gasteiger partial charge on any atom is -0.283 e. The molecule has 3 aromatic heterocycles. The van der Waals surface area contributed by atoms with Crippen molar-refractivity contribution in [3.63, 3.8) is 0 Å². The molecule has 0 unspecified atom stereocenters. The van der Waals surface area contributed by atoms with E-state index in [1.807, 2.05) is 36.4 Å². The van der Waals surface area contributed by atoms with Crippen LogP contribution in [-0.2, 0) is 21.4 Å². The molecule has 10 heteroatoms. The smallest absolute Gasteiger partial charge is 0.252 e. The normalized spacial score (nSPS) is 15.6. The Morgan fingerprint density at radius 2 is 1.91 bits per heavy atom. The SMILES string of the molecule is O=C(C1CCN(S(=O)(=O)c2cccs2)CC1)N(Cc1cccnc1)c1nc2ccccc2s1. The number of carbonyl (C=O) groups excluding carboxylic acids is 1. The molecule has 33 heavy (non-hydrogen) atoms. The number of sulfonamides is 1. The van der Waals surface area contributed by atoms with Crippen LogP contribution in [0.4, 0.5) is 5.13 Å². The van der Waals surface area contributed by atoms with Gasteiger partial charge in [-0.05, 0) is 48.1 Å². The summed E-state index contributed by atoms with van der Waals surface area (Å²) in [7, 11) is -3.50. The second-order valence-electron chi connectivity index (χ2n) is 7.86. The summed E-state index contributed by atoms with van der Waals surface area (Å²) in [6, 6.07) is 15.0. The largest absolute Gasteiger partial charge is 0.283 e. The molecule has 0 aliphatic carbocycles. The molecule has 0 N–H and O–H groups in total. The Hall–Kier alpha value is -2.66. The minimum atomic E-state index is -3.50. The maximum atomic E-state index is 13.7. The van der Waals surface area contributed by atoms with E-state index in [1.54, 1.807) is 34.8 Å². The maximum Gasteiger partial charge on any atom is 0.252 e. The molecule has 0 bridgehead atoms. The van der Waals surface area contributed by atoms with Crippen LogP contribution in [0.3, 0.4) is 0 Å². The molecule has 1 aliphatic heterocycles. The van der Waals surface area contributed by atoms with Crippen molar-refractivity contribution in [1.29, 1.82) is 0 Å². The van der Waals surface area contributed by atoms with Gasteiger partial charge in [-0.2, -0.15) is 4.31 Å². The maximum absolute atomic E-state index is 13.7. The number of pyridine rings is 1. The van der Waals surface area contributed by atoms with E-state index in [-0.39, 0.29) is 11.8 Å². The van der Waals surface area contributed by atoms with Gasteiger partial charge in [0.2, 0.25) is 5.91 Å². The van der Waals surface area contributed by atoms with Crippen molar-refractivity contribution in [2.24, 2.45) is 5.92 Å². The average Bonchev–Trinajstić information content (AvgIpc) is 3.53. The number of fused-ring (bicyclic) bond motifs is 1. The fraction of sp³-hybridized carbons (Fsp3) is 0.261. The molecule has 4 aromatic rings. The molecule has 0 saturated carbocycles. The summed E-state index contributed by atoms with van der Waals surface area (Å²) in [6.07, 6.45) is 4.43. The van der Waals surface area contributed by atoms with E-state index in [2.05, 4.69) is 4.98 Å². The van der Waals surface area contributed by atoms with Gasteiger partial charge in [0.1, 0.15) is 4.21 Å². The van der Waals surface area contributed by atoms with E-state index >= 15 is 0 Å². The molecule has 1 fully saturated rings. The van der Waals surface area contributed by atoms with E-state index in [0.29, 0.717) is 41.8 Å². The van der Waals surface area contributed by atoms with Crippen molar-refractivity contribution in [2.75, 3.05) is 18.0 Å². The lowest BCUT2D eigenvalue weighted by Gasteiger charge is -2.32. The van der Waals surface area contributed by atoms with Gasteiger partial charge >= 0.3 is 0 Å². The number of hydrogen-bond acceptors (Lipinski definition) is 7. The summed E-state index contributed by atoms with van der Waals surface area (Å²) in [5.74, 6) is -0.283. The monoisotopic (exact) mass is 498 g/mol. The highest BCUT2D eigenvalue weighted by Crippen LogP contribution is 2.33. The van der Waals surface area contributed by atoms with Crippen LogP contribution in [0, 0.1) is 5.92 Å². The fourth-order valence-corrected chi connectivity index (χ4v) is 7.58. The van der Waals surface area contributed by atoms with Crippen LogP contribution >= 0.6 is 22.7 Å². The number of carbonyl (C=O) groups is 1. The molecular formula is C23H22N4O3S3. The molecule has 1 amide bonds. The van der Waals surface area contributed by atoms with E-state index in [1.165, 1.54) is 27.0 Å². The van der Waals surface area contributed by atoms with Gasteiger partial charge in [0.05, 0.1) is 16.8 Å². The van der Waals surface area contributed by atoms with Gasteiger partial charge in [0, 0.05) is 31.4 Å². The Morgan fingerprint density at radius 3 is 2.61 bits per heavy atom. The van der Waals surface area contributed by atoms with Gasteiger partial charge in [-0.25, -0.2) is 13.4 Å². The highest BCUT2D eigenvalue weighted by molar-refractivity contribution is 7.91. The summed E-state index contributed by atoms with van der Waals surface area (Å²) in [5, 5.41) is 2.41. The Balaban J connectivity index is 1.37. The van der Waals surface area contributed by atoms with Crippen LogP contribution in [0.5, 0.6) is 0 Å². The minimum absolute atomic E-state index is 0.0221. The number of para-hydroxylation sites is 1. The number of piperidine rings is 1. The lowest BCUT2D eigenvalue weighted by Crippen LogP contribution is -2.44. The van der Waals surface area contributed by atoms with Gasteiger partial charge < -0.3 is 0 Å². The Bertz CT molecular complexity index is 1310. The van der Waals surface area contributed by atoms with Crippen molar-refractivity contribution >= 4 is 54.0 Å². The van der Waals surface area contributed by atoms with Crippen LogP contribution in [-0.4, -0.2) is 41.7 Å². The fourth-order valence-electron chi connectivity index (χ4n) is 3.99. The van der Waals surface area contributed by atoms with E-state index in [0.717, 1.165) is 15.8 Å². The first-order valence-electron chi connectivity index (χ1n) is 10.6. The summed E-state index contributed by atoms with van der Waals surface area (Å²) in [4.78, 5) is 24.3. The number of anilines is 1.